The van der Waals surface area contributed by atoms with Gasteiger partial charge >= 0.3 is 0 Å². The van der Waals surface area contributed by atoms with Crippen molar-refractivity contribution in [2.75, 3.05) is 6.61 Å². The maximum Gasteiger partial charge on any atom is 0.249 e. The Morgan fingerprint density at radius 2 is 0.508 bits per heavy atom. The monoisotopic (exact) mass is 892 g/mol. The van der Waals surface area contributed by atoms with Crippen LogP contribution in [0.2, 0.25) is 0 Å². The highest BCUT2D eigenvalue weighted by Gasteiger charge is 2.23. The lowest BCUT2D eigenvalue weighted by atomic mass is 10.0. The van der Waals surface area contributed by atoms with E-state index >= 15 is 0 Å². The molecule has 4 N–H and O–H groups in total. The molecule has 0 aromatic heterocycles. The minimum absolute atomic E-state index is 0.308. The van der Waals surface area contributed by atoms with Crippen LogP contribution in [0.4, 0.5) is 0 Å². The van der Waals surface area contributed by atoms with Gasteiger partial charge in [-0.1, -0.05) is 328 Å². The average Bonchev–Trinajstić information content (AvgIpc) is 3.29. The third kappa shape index (κ3) is 49.1. The number of carbonyl (C=O) groups is 1. The van der Waals surface area contributed by atoms with E-state index in [2.05, 4.69) is 19.2 Å². The summed E-state index contributed by atoms with van der Waals surface area (Å²) in [4.78, 5) is 12.5. The SMILES string of the molecule is CCCCCCCCCCCCCCCCCCCCCCCCCCCCCCCCCCCCCCCCC(O)C(=O)NC(CO)C(O)CCCCCCCCCCCCC. The quantitative estimate of drug-likeness (QED) is 0.0458. The first-order chi connectivity index (χ1) is 31.1. The maximum absolute atomic E-state index is 12.5. The van der Waals surface area contributed by atoms with Crippen LogP contribution in [0.5, 0.6) is 0 Å². The Labute approximate surface area is 396 Å². The van der Waals surface area contributed by atoms with Crippen LogP contribution >= 0.6 is 0 Å². The van der Waals surface area contributed by atoms with Gasteiger partial charge in [0, 0.05) is 0 Å². The molecule has 0 spiro atoms. The number of nitrogens with one attached hydrogen (secondary N) is 1. The summed E-state index contributed by atoms with van der Waals surface area (Å²) < 4.78 is 0. The number of hydrogen-bond acceptors (Lipinski definition) is 4. The number of aliphatic hydroxyl groups excluding tert-OH is 3. The summed E-state index contributed by atoms with van der Waals surface area (Å²) in [5.74, 6) is -0.464. The van der Waals surface area contributed by atoms with Crippen LogP contribution in [0.1, 0.15) is 341 Å². The zero-order chi connectivity index (χ0) is 45.8. The van der Waals surface area contributed by atoms with Crippen molar-refractivity contribution in [3.63, 3.8) is 0 Å². The van der Waals surface area contributed by atoms with Gasteiger partial charge in [0.2, 0.25) is 5.91 Å². The van der Waals surface area contributed by atoms with Gasteiger partial charge in [-0.25, -0.2) is 0 Å². The van der Waals surface area contributed by atoms with Crippen molar-refractivity contribution in [2.45, 2.75) is 360 Å². The highest BCUT2D eigenvalue weighted by Crippen LogP contribution is 2.19. The molecule has 0 aliphatic heterocycles. The van der Waals surface area contributed by atoms with E-state index in [0.29, 0.717) is 12.8 Å². The molecule has 1 amide bonds. The normalized spacial score (nSPS) is 13.2. The van der Waals surface area contributed by atoms with E-state index in [1.54, 1.807) is 0 Å². The van der Waals surface area contributed by atoms with Gasteiger partial charge in [-0.2, -0.15) is 0 Å². The Hall–Kier alpha value is -0.650. The minimum atomic E-state index is -1.07. The fourth-order valence-corrected chi connectivity index (χ4v) is 9.67. The molecular weight excluding hydrogens is 775 g/mol. The topological polar surface area (TPSA) is 89.8 Å². The number of aliphatic hydroxyl groups is 3. The Balaban J connectivity index is 3.36. The molecule has 0 fully saturated rings. The molecule has 5 heteroatoms. The zero-order valence-corrected chi connectivity index (χ0v) is 43.3. The maximum atomic E-state index is 12.5. The van der Waals surface area contributed by atoms with E-state index < -0.39 is 24.2 Å². The Morgan fingerprint density at radius 1 is 0.317 bits per heavy atom. The van der Waals surface area contributed by atoms with Crippen LogP contribution in [0.3, 0.4) is 0 Å². The van der Waals surface area contributed by atoms with Crippen molar-refractivity contribution in [3.8, 4) is 0 Å². The van der Waals surface area contributed by atoms with Crippen LogP contribution in [-0.4, -0.2) is 46.1 Å². The Kier molecular flexibility index (Phi) is 53.4. The first-order valence-electron chi connectivity index (χ1n) is 29.3. The number of hydrogen-bond donors (Lipinski definition) is 4. The molecular formula is C58H117NO4. The first kappa shape index (κ1) is 62.4. The van der Waals surface area contributed by atoms with Crippen LogP contribution in [-0.2, 0) is 4.79 Å². The fraction of sp³-hybridized carbons (Fsp3) is 0.983. The van der Waals surface area contributed by atoms with Gasteiger partial charge in [0.05, 0.1) is 18.8 Å². The second-order valence-electron chi connectivity index (χ2n) is 20.6. The molecule has 0 radical (unpaired) electrons. The van der Waals surface area contributed by atoms with Crippen molar-refractivity contribution in [2.24, 2.45) is 0 Å². The van der Waals surface area contributed by atoms with Crippen LogP contribution < -0.4 is 5.32 Å². The molecule has 5 nitrogen and oxygen atoms in total. The standard InChI is InChI=1S/C58H117NO4/c1-3-5-7-9-11-13-15-16-17-18-19-20-21-22-23-24-25-26-27-28-29-30-31-32-33-34-35-36-37-38-39-40-41-43-45-47-49-51-53-57(62)58(63)59-55(54-60)56(61)52-50-48-46-44-42-14-12-10-8-6-4-2/h55-57,60-62H,3-54H2,1-2H3,(H,59,63). The van der Waals surface area contributed by atoms with Crippen LogP contribution in [0, 0.1) is 0 Å². The summed E-state index contributed by atoms with van der Waals surface area (Å²) in [6.45, 7) is 4.25. The van der Waals surface area contributed by atoms with Crippen molar-refractivity contribution in [1.82, 2.24) is 5.32 Å². The molecule has 0 heterocycles. The Bertz CT molecular complexity index is 853. The summed E-state index contributed by atoms with van der Waals surface area (Å²) in [6, 6.07) is -0.706. The van der Waals surface area contributed by atoms with E-state index in [-0.39, 0.29) is 6.61 Å². The summed E-state index contributed by atoms with van der Waals surface area (Å²) in [7, 11) is 0. The van der Waals surface area contributed by atoms with Gasteiger partial charge in [0.25, 0.3) is 0 Å². The lowest BCUT2D eigenvalue weighted by molar-refractivity contribution is -0.131. The molecule has 0 aliphatic carbocycles. The second kappa shape index (κ2) is 54.0. The summed E-state index contributed by atoms with van der Waals surface area (Å²) in [5, 5.41) is 33.4. The molecule has 0 saturated carbocycles. The van der Waals surface area contributed by atoms with Crippen molar-refractivity contribution in [3.05, 3.63) is 0 Å². The summed E-state index contributed by atoms with van der Waals surface area (Å²) in [5.41, 5.74) is 0. The summed E-state index contributed by atoms with van der Waals surface area (Å²) in [6.07, 6.45) is 66.2. The molecule has 0 aromatic rings. The third-order valence-corrected chi connectivity index (χ3v) is 14.2. The number of amides is 1. The van der Waals surface area contributed by atoms with E-state index in [1.807, 2.05) is 0 Å². The fourth-order valence-electron chi connectivity index (χ4n) is 9.67. The Morgan fingerprint density at radius 3 is 0.714 bits per heavy atom. The van der Waals surface area contributed by atoms with E-state index in [4.69, 9.17) is 0 Å². The molecule has 3 unspecified atom stereocenters. The predicted octanol–water partition coefficient (Wildman–Crippen LogP) is 18.1. The molecule has 63 heavy (non-hydrogen) atoms. The average molecular weight is 893 g/mol. The van der Waals surface area contributed by atoms with Gasteiger partial charge < -0.3 is 20.6 Å². The van der Waals surface area contributed by atoms with E-state index in [9.17, 15) is 20.1 Å². The largest absolute Gasteiger partial charge is 0.394 e. The number of unbranched alkanes of at least 4 members (excludes halogenated alkanes) is 47. The molecule has 0 saturated heterocycles. The molecule has 3 atom stereocenters. The lowest BCUT2D eigenvalue weighted by Crippen LogP contribution is -2.49. The molecule has 0 aliphatic rings. The van der Waals surface area contributed by atoms with Gasteiger partial charge in [0.15, 0.2) is 0 Å². The predicted molar refractivity (Wildman–Crippen MR) is 278 cm³/mol. The van der Waals surface area contributed by atoms with Crippen molar-refractivity contribution >= 4 is 5.91 Å². The number of rotatable bonds is 55. The first-order valence-corrected chi connectivity index (χ1v) is 29.3. The smallest absolute Gasteiger partial charge is 0.249 e. The van der Waals surface area contributed by atoms with Crippen LogP contribution in [0.15, 0.2) is 0 Å². The van der Waals surface area contributed by atoms with Crippen molar-refractivity contribution < 1.29 is 20.1 Å². The lowest BCUT2D eigenvalue weighted by Gasteiger charge is -2.23. The van der Waals surface area contributed by atoms with E-state index in [0.717, 1.165) is 32.1 Å². The third-order valence-electron chi connectivity index (χ3n) is 14.2. The van der Waals surface area contributed by atoms with Crippen LogP contribution in [0.25, 0.3) is 0 Å². The van der Waals surface area contributed by atoms with E-state index in [1.165, 1.54) is 283 Å². The minimum Gasteiger partial charge on any atom is -0.394 e. The highest BCUT2D eigenvalue weighted by molar-refractivity contribution is 5.80. The zero-order valence-electron chi connectivity index (χ0n) is 43.3. The number of carbonyl (C=O) groups excluding carboxylic acids is 1. The van der Waals surface area contributed by atoms with Gasteiger partial charge in [0.1, 0.15) is 6.10 Å². The van der Waals surface area contributed by atoms with Gasteiger partial charge in [-0.3, -0.25) is 4.79 Å². The summed E-state index contributed by atoms with van der Waals surface area (Å²) >= 11 is 0. The highest BCUT2D eigenvalue weighted by atomic mass is 16.3. The van der Waals surface area contributed by atoms with Gasteiger partial charge in [-0.05, 0) is 12.8 Å². The second-order valence-corrected chi connectivity index (χ2v) is 20.6. The molecule has 0 bridgehead atoms. The molecule has 0 rings (SSSR count). The van der Waals surface area contributed by atoms with Crippen molar-refractivity contribution in [1.29, 1.82) is 0 Å². The molecule has 0 aromatic carbocycles. The molecule has 378 valence electrons. The van der Waals surface area contributed by atoms with Gasteiger partial charge in [-0.15, -0.1) is 0 Å².